The van der Waals surface area contributed by atoms with Crippen molar-refractivity contribution >= 4 is 16.7 Å². The van der Waals surface area contributed by atoms with Gasteiger partial charge in [-0.3, -0.25) is 9.00 Å². The summed E-state index contributed by atoms with van der Waals surface area (Å²) in [5.74, 6) is 0.967. The zero-order valence-electron chi connectivity index (χ0n) is 9.80. The second-order valence-electron chi connectivity index (χ2n) is 3.62. The van der Waals surface area contributed by atoms with E-state index in [1.54, 1.807) is 6.08 Å². The van der Waals surface area contributed by atoms with Crippen molar-refractivity contribution in [2.75, 3.05) is 18.1 Å². The summed E-state index contributed by atoms with van der Waals surface area (Å²) in [4.78, 5) is 11.4. The van der Waals surface area contributed by atoms with E-state index in [0.717, 1.165) is 0 Å². The zero-order valence-corrected chi connectivity index (χ0v) is 10.6. The quantitative estimate of drug-likeness (QED) is 0.702. The molecule has 5 heteroatoms. The summed E-state index contributed by atoms with van der Waals surface area (Å²) in [5.41, 5.74) is 0. The van der Waals surface area contributed by atoms with Crippen LogP contribution >= 0.6 is 0 Å². The third-order valence-corrected chi connectivity index (χ3v) is 3.49. The van der Waals surface area contributed by atoms with Crippen LogP contribution in [0.3, 0.4) is 0 Å². The maximum atomic E-state index is 11.4. The van der Waals surface area contributed by atoms with Gasteiger partial charge < -0.3 is 9.88 Å². The molecule has 1 N–H and O–H groups in total. The number of aromatic nitrogens is 1. The summed E-state index contributed by atoms with van der Waals surface area (Å²) in [6.07, 6.45) is 5.92. The van der Waals surface area contributed by atoms with Gasteiger partial charge in [-0.05, 0) is 12.1 Å². The fourth-order valence-electron chi connectivity index (χ4n) is 1.36. The van der Waals surface area contributed by atoms with Crippen molar-refractivity contribution in [2.45, 2.75) is 13.0 Å². The van der Waals surface area contributed by atoms with Crippen LogP contribution in [0.4, 0.5) is 0 Å². The number of nitrogens with one attached hydrogen (secondary N) is 1. The molecule has 1 heterocycles. The average molecular weight is 254 g/mol. The Bertz CT molecular complexity index is 374. The van der Waals surface area contributed by atoms with Gasteiger partial charge in [0.25, 0.3) is 0 Å². The smallest absolute Gasteiger partial charge is 0.221 e. The minimum atomic E-state index is -0.908. The van der Waals surface area contributed by atoms with Gasteiger partial charge in [0.05, 0.1) is 0 Å². The molecule has 0 aliphatic rings. The fourth-order valence-corrected chi connectivity index (χ4v) is 2.12. The highest BCUT2D eigenvalue weighted by atomic mass is 32.2. The van der Waals surface area contributed by atoms with E-state index < -0.39 is 10.8 Å². The molecule has 0 aliphatic heterocycles. The molecule has 1 aromatic rings. The van der Waals surface area contributed by atoms with E-state index >= 15 is 0 Å². The lowest BCUT2D eigenvalue weighted by Gasteiger charge is -2.05. The van der Waals surface area contributed by atoms with E-state index in [1.807, 2.05) is 29.1 Å². The Morgan fingerprint density at radius 3 is 2.76 bits per heavy atom. The van der Waals surface area contributed by atoms with Crippen molar-refractivity contribution < 1.29 is 9.00 Å². The zero-order chi connectivity index (χ0) is 12.5. The molecule has 0 radical (unpaired) electrons. The molecule has 1 rings (SSSR count). The average Bonchev–Trinajstić information content (AvgIpc) is 2.79. The number of nitrogens with zero attached hydrogens (tertiary/aromatic N) is 1. The van der Waals surface area contributed by atoms with Crippen molar-refractivity contribution in [3.63, 3.8) is 0 Å². The summed E-state index contributed by atoms with van der Waals surface area (Å²) in [6.45, 7) is 4.66. The van der Waals surface area contributed by atoms with Gasteiger partial charge in [0, 0.05) is 54.2 Å². The van der Waals surface area contributed by atoms with Gasteiger partial charge >= 0.3 is 0 Å². The molecule has 0 spiro atoms. The van der Waals surface area contributed by atoms with Gasteiger partial charge in [-0.2, -0.15) is 0 Å². The SMILES string of the molecule is C=CCS(=O)CCNC(=O)CCn1cccc1. The number of hydrogen-bond acceptors (Lipinski definition) is 2. The monoisotopic (exact) mass is 254 g/mol. The fraction of sp³-hybridized carbons (Fsp3) is 0.417. The topological polar surface area (TPSA) is 51.1 Å². The van der Waals surface area contributed by atoms with E-state index in [2.05, 4.69) is 11.9 Å². The van der Waals surface area contributed by atoms with Gasteiger partial charge in [-0.1, -0.05) is 6.08 Å². The Morgan fingerprint density at radius 1 is 1.41 bits per heavy atom. The van der Waals surface area contributed by atoms with Gasteiger partial charge in [0.15, 0.2) is 0 Å². The molecule has 0 aliphatic carbocycles. The number of aryl methyl sites for hydroxylation is 1. The molecule has 1 unspecified atom stereocenters. The predicted molar refractivity (Wildman–Crippen MR) is 70.1 cm³/mol. The summed E-state index contributed by atoms with van der Waals surface area (Å²) >= 11 is 0. The van der Waals surface area contributed by atoms with Gasteiger partial charge in [0.2, 0.25) is 5.91 Å². The van der Waals surface area contributed by atoms with Crippen molar-refractivity contribution in [1.29, 1.82) is 0 Å². The van der Waals surface area contributed by atoms with Gasteiger partial charge in [-0.25, -0.2) is 0 Å². The Balaban J connectivity index is 2.09. The first-order chi connectivity index (χ1) is 8.22. The van der Waals surface area contributed by atoms with E-state index in [4.69, 9.17) is 0 Å². The highest BCUT2D eigenvalue weighted by molar-refractivity contribution is 7.85. The first-order valence-corrected chi connectivity index (χ1v) is 7.04. The molecule has 17 heavy (non-hydrogen) atoms. The first kappa shape index (κ1) is 13.7. The van der Waals surface area contributed by atoms with E-state index in [0.29, 0.717) is 31.0 Å². The van der Waals surface area contributed by atoms with Crippen LogP contribution in [0.1, 0.15) is 6.42 Å². The normalized spacial score (nSPS) is 12.0. The lowest BCUT2D eigenvalue weighted by Crippen LogP contribution is -2.28. The standard InChI is InChI=1S/C12H18N2O2S/c1-2-10-17(16)11-6-13-12(15)5-9-14-7-3-4-8-14/h2-4,7-8H,1,5-6,9-11H2,(H,13,15). The second kappa shape index (κ2) is 7.84. The Morgan fingerprint density at radius 2 is 2.12 bits per heavy atom. The molecule has 0 saturated heterocycles. The third kappa shape index (κ3) is 6.06. The summed E-state index contributed by atoms with van der Waals surface area (Å²) < 4.78 is 13.2. The molecule has 0 bridgehead atoms. The van der Waals surface area contributed by atoms with Crippen LogP contribution in [0.25, 0.3) is 0 Å². The Kier molecular flexibility index (Phi) is 6.32. The molecule has 4 nitrogen and oxygen atoms in total. The first-order valence-electron chi connectivity index (χ1n) is 5.55. The molecular weight excluding hydrogens is 236 g/mol. The highest BCUT2D eigenvalue weighted by Crippen LogP contribution is 1.93. The van der Waals surface area contributed by atoms with Crippen molar-refractivity contribution in [3.05, 3.63) is 37.2 Å². The van der Waals surface area contributed by atoms with Crippen LogP contribution in [0, 0.1) is 0 Å². The molecule has 1 atom stereocenters. The van der Waals surface area contributed by atoms with E-state index in [-0.39, 0.29) is 5.91 Å². The number of rotatable bonds is 8. The summed E-state index contributed by atoms with van der Waals surface area (Å²) in [6, 6.07) is 3.85. The minimum Gasteiger partial charge on any atom is -0.355 e. The number of carbonyl (C=O) groups is 1. The molecule has 0 fully saturated rings. The predicted octanol–water partition coefficient (Wildman–Crippen LogP) is 0.929. The third-order valence-electron chi connectivity index (χ3n) is 2.22. The maximum absolute atomic E-state index is 11.4. The second-order valence-corrected chi connectivity index (χ2v) is 5.24. The summed E-state index contributed by atoms with van der Waals surface area (Å²) in [7, 11) is -0.908. The lowest BCUT2D eigenvalue weighted by molar-refractivity contribution is -0.121. The minimum absolute atomic E-state index is 0.00527. The van der Waals surface area contributed by atoms with Crippen molar-refractivity contribution in [1.82, 2.24) is 9.88 Å². The number of hydrogen-bond donors (Lipinski definition) is 1. The van der Waals surface area contributed by atoms with Crippen LogP contribution < -0.4 is 5.32 Å². The largest absolute Gasteiger partial charge is 0.355 e. The maximum Gasteiger partial charge on any atom is 0.221 e. The summed E-state index contributed by atoms with van der Waals surface area (Å²) in [5, 5.41) is 2.75. The number of carbonyl (C=O) groups excluding carboxylic acids is 1. The van der Waals surface area contributed by atoms with Crippen molar-refractivity contribution in [3.8, 4) is 0 Å². The molecule has 0 aromatic carbocycles. The van der Waals surface area contributed by atoms with Crippen LogP contribution in [-0.4, -0.2) is 32.7 Å². The van der Waals surface area contributed by atoms with Crippen molar-refractivity contribution in [2.24, 2.45) is 0 Å². The van der Waals surface area contributed by atoms with Crippen LogP contribution in [0.15, 0.2) is 37.2 Å². The molecule has 1 amide bonds. The van der Waals surface area contributed by atoms with Gasteiger partial charge in [-0.15, -0.1) is 6.58 Å². The van der Waals surface area contributed by atoms with E-state index in [1.165, 1.54) is 0 Å². The Labute approximate surface area is 104 Å². The molecular formula is C12H18N2O2S. The molecule has 1 aromatic heterocycles. The highest BCUT2D eigenvalue weighted by Gasteiger charge is 2.02. The lowest BCUT2D eigenvalue weighted by atomic mass is 10.4. The van der Waals surface area contributed by atoms with Crippen LogP contribution in [0.2, 0.25) is 0 Å². The number of amides is 1. The van der Waals surface area contributed by atoms with Crippen LogP contribution in [0.5, 0.6) is 0 Å². The van der Waals surface area contributed by atoms with Crippen LogP contribution in [-0.2, 0) is 22.1 Å². The molecule has 0 saturated carbocycles. The van der Waals surface area contributed by atoms with Gasteiger partial charge in [0.1, 0.15) is 0 Å². The Hall–Kier alpha value is -1.36. The van der Waals surface area contributed by atoms with E-state index in [9.17, 15) is 9.00 Å². The molecule has 94 valence electrons.